The van der Waals surface area contributed by atoms with Crippen molar-refractivity contribution in [2.24, 2.45) is 5.73 Å². The summed E-state index contributed by atoms with van der Waals surface area (Å²) < 4.78 is 8.94. The average molecular weight is 549 g/mol. The number of primary amides is 1. The Labute approximate surface area is 228 Å². The Morgan fingerprint density at radius 2 is 1.90 bits per heavy atom. The molecule has 0 saturated carbocycles. The second-order valence-electron chi connectivity index (χ2n) is 8.82. The van der Waals surface area contributed by atoms with Gasteiger partial charge in [0.2, 0.25) is 5.91 Å². The first-order valence-corrected chi connectivity index (χ1v) is 12.9. The predicted octanol–water partition coefficient (Wildman–Crippen LogP) is 2.99. The number of nitrogens with zero attached hydrogens (tertiary/aromatic N) is 2. The zero-order chi connectivity index (χ0) is 28.3. The van der Waals surface area contributed by atoms with E-state index in [-0.39, 0.29) is 22.9 Å². The molecule has 0 aliphatic rings. The van der Waals surface area contributed by atoms with Gasteiger partial charge in [-0.2, -0.15) is 4.37 Å². The summed E-state index contributed by atoms with van der Waals surface area (Å²) in [5, 5.41) is 3.31. The molecule has 0 aliphatic heterocycles. The zero-order valence-corrected chi connectivity index (χ0v) is 22.4. The van der Waals surface area contributed by atoms with Crippen molar-refractivity contribution in [1.29, 1.82) is 0 Å². The number of aromatic amines is 1. The number of aromatic nitrogens is 2. The highest BCUT2D eigenvalue weighted by molar-refractivity contribution is 7.09. The van der Waals surface area contributed by atoms with Crippen LogP contribution in [0, 0.1) is 13.8 Å². The molecule has 2 aromatic carbocycles. The van der Waals surface area contributed by atoms with E-state index in [0.717, 1.165) is 22.6 Å². The van der Waals surface area contributed by atoms with Gasteiger partial charge >= 0.3 is 5.97 Å². The maximum atomic E-state index is 14.3. The van der Waals surface area contributed by atoms with Crippen molar-refractivity contribution in [2.45, 2.75) is 26.8 Å². The van der Waals surface area contributed by atoms with Crippen LogP contribution in [-0.4, -0.2) is 46.2 Å². The van der Waals surface area contributed by atoms with Crippen molar-refractivity contribution in [1.82, 2.24) is 14.7 Å². The number of fused-ring (bicyclic) bond motifs is 1. The molecule has 2 aromatic heterocycles. The van der Waals surface area contributed by atoms with E-state index in [2.05, 4.69) is 14.7 Å². The second kappa shape index (κ2) is 11.4. The molecule has 0 unspecified atom stereocenters. The molecule has 2 heterocycles. The maximum Gasteiger partial charge on any atom is 0.325 e. The summed E-state index contributed by atoms with van der Waals surface area (Å²) in [4.78, 5) is 56.5. The number of hydrogen-bond donors (Lipinski definition) is 4. The van der Waals surface area contributed by atoms with Gasteiger partial charge in [-0.05, 0) is 55.6 Å². The third kappa shape index (κ3) is 5.46. The number of H-pyrrole nitrogens is 1. The van der Waals surface area contributed by atoms with Crippen LogP contribution in [0.3, 0.4) is 0 Å². The molecule has 12 heteroatoms. The van der Waals surface area contributed by atoms with Gasteiger partial charge in [0.1, 0.15) is 17.5 Å². The molecule has 0 radical (unpaired) electrons. The number of aryl methyl sites for hydroxylation is 2. The van der Waals surface area contributed by atoms with Crippen LogP contribution in [0.4, 0.5) is 11.4 Å². The largest absolute Gasteiger partial charge is 0.465 e. The predicted molar refractivity (Wildman–Crippen MR) is 148 cm³/mol. The van der Waals surface area contributed by atoms with Crippen molar-refractivity contribution in [2.75, 3.05) is 23.8 Å². The summed E-state index contributed by atoms with van der Waals surface area (Å²) in [5.74, 6) is -2.78. The normalized spacial score (nSPS) is 11.7. The number of nitrogens with one attached hydrogen (secondary N) is 2. The van der Waals surface area contributed by atoms with Gasteiger partial charge in [-0.15, -0.1) is 0 Å². The summed E-state index contributed by atoms with van der Waals surface area (Å²) in [7, 11) is 0. The lowest BCUT2D eigenvalue weighted by Crippen LogP contribution is -2.45. The van der Waals surface area contributed by atoms with Crippen molar-refractivity contribution in [3.8, 4) is 0 Å². The van der Waals surface area contributed by atoms with Crippen molar-refractivity contribution in [3.63, 3.8) is 0 Å². The van der Waals surface area contributed by atoms with Gasteiger partial charge in [0, 0.05) is 28.4 Å². The van der Waals surface area contributed by atoms with E-state index >= 15 is 0 Å². The van der Waals surface area contributed by atoms with Gasteiger partial charge in [0.15, 0.2) is 5.69 Å². The van der Waals surface area contributed by atoms with Gasteiger partial charge in [-0.25, -0.2) is 0 Å². The van der Waals surface area contributed by atoms with Gasteiger partial charge in [0.25, 0.3) is 11.8 Å². The molecule has 0 bridgehead atoms. The Morgan fingerprint density at radius 3 is 2.59 bits per heavy atom. The Hall–Kier alpha value is -4.71. The fourth-order valence-corrected chi connectivity index (χ4v) is 5.01. The first-order chi connectivity index (χ1) is 18.6. The van der Waals surface area contributed by atoms with Crippen LogP contribution in [-0.2, 0) is 14.3 Å². The molecule has 1 atom stereocenters. The molecule has 3 amide bonds. The summed E-state index contributed by atoms with van der Waals surface area (Å²) in [6.07, 6.45) is 1.65. The minimum absolute atomic E-state index is 0.0484. The molecule has 4 rings (SSSR count). The quantitative estimate of drug-likeness (QED) is 0.233. The summed E-state index contributed by atoms with van der Waals surface area (Å²) >= 11 is 0.720. The lowest BCUT2D eigenvalue weighted by Gasteiger charge is -2.32. The lowest BCUT2D eigenvalue weighted by molar-refractivity contribution is -0.143. The number of nitrogen functional groups attached to an aromatic ring is 1. The first-order valence-electron chi connectivity index (χ1n) is 12.1. The fourth-order valence-electron chi connectivity index (χ4n) is 4.27. The molecule has 202 valence electrons. The monoisotopic (exact) mass is 548 g/mol. The fraction of sp³-hybridized carbons (Fsp3) is 0.222. The van der Waals surface area contributed by atoms with E-state index in [0.29, 0.717) is 22.2 Å². The first kappa shape index (κ1) is 27.3. The number of benzene rings is 2. The minimum atomic E-state index is -1.25. The van der Waals surface area contributed by atoms with Crippen LogP contribution in [0.25, 0.3) is 10.9 Å². The third-order valence-corrected chi connectivity index (χ3v) is 6.98. The van der Waals surface area contributed by atoms with Crippen LogP contribution in [0.15, 0.2) is 48.7 Å². The number of amides is 3. The maximum absolute atomic E-state index is 14.3. The van der Waals surface area contributed by atoms with Gasteiger partial charge in [0.05, 0.1) is 12.3 Å². The van der Waals surface area contributed by atoms with Crippen molar-refractivity contribution >= 4 is 57.5 Å². The summed E-state index contributed by atoms with van der Waals surface area (Å²) in [6.45, 7) is 5.09. The standard InChI is InChI=1S/C27H28N6O5S/c1-4-38-20(34)13-31-26(36)23(17-12-30-18-8-6-5-7-16(17)18)33(19-11-14(2)9-10-15(19)3)27(37)24-21(28)22(25(29)35)32-39-24/h5-12,23,30H,4,13,28H2,1-3H3,(H2,29,35)(H,31,36)/t23-/m1/s1. The molecular weight excluding hydrogens is 520 g/mol. The van der Waals surface area contributed by atoms with Crippen LogP contribution in [0.1, 0.15) is 49.8 Å². The number of hydrogen-bond acceptors (Lipinski definition) is 8. The summed E-state index contributed by atoms with van der Waals surface area (Å²) in [5.41, 5.74) is 14.4. The number of ether oxygens (including phenoxy) is 1. The minimum Gasteiger partial charge on any atom is -0.465 e. The number of nitrogens with two attached hydrogens (primary N) is 2. The Morgan fingerprint density at radius 1 is 1.15 bits per heavy atom. The molecule has 0 aliphatic carbocycles. The van der Waals surface area contributed by atoms with Crippen molar-refractivity contribution < 1.29 is 23.9 Å². The van der Waals surface area contributed by atoms with Crippen LogP contribution in [0.5, 0.6) is 0 Å². The Balaban J connectivity index is 1.93. The summed E-state index contributed by atoms with van der Waals surface area (Å²) in [6, 6.07) is 11.6. The van der Waals surface area contributed by atoms with Crippen molar-refractivity contribution in [3.05, 3.63) is 75.9 Å². The molecule has 11 nitrogen and oxygen atoms in total. The zero-order valence-electron chi connectivity index (χ0n) is 21.6. The molecule has 0 fully saturated rings. The van der Waals surface area contributed by atoms with E-state index in [1.807, 2.05) is 50.2 Å². The number of para-hydroxylation sites is 1. The molecule has 0 spiro atoms. The number of anilines is 2. The smallest absolute Gasteiger partial charge is 0.325 e. The third-order valence-electron chi connectivity index (χ3n) is 6.13. The van der Waals surface area contributed by atoms with E-state index in [4.69, 9.17) is 16.2 Å². The van der Waals surface area contributed by atoms with Crippen LogP contribution < -0.4 is 21.7 Å². The highest BCUT2D eigenvalue weighted by atomic mass is 32.1. The molecule has 0 saturated heterocycles. The lowest BCUT2D eigenvalue weighted by atomic mass is 10.00. The Bertz CT molecular complexity index is 1580. The average Bonchev–Trinajstić information content (AvgIpc) is 3.51. The highest BCUT2D eigenvalue weighted by Gasteiger charge is 2.38. The molecule has 39 heavy (non-hydrogen) atoms. The molecule has 6 N–H and O–H groups in total. The topological polar surface area (TPSA) is 174 Å². The van der Waals surface area contributed by atoms with Crippen LogP contribution >= 0.6 is 11.5 Å². The Kier molecular flexibility index (Phi) is 7.96. The molecular formula is C27H28N6O5S. The highest BCUT2D eigenvalue weighted by Crippen LogP contribution is 2.37. The number of esters is 1. The van der Waals surface area contributed by atoms with E-state index in [1.54, 1.807) is 19.2 Å². The van der Waals surface area contributed by atoms with Crippen LogP contribution in [0.2, 0.25) is 0 Å². The number of carbonyl (C=O) groups excluding carboxylic acids is 4. The van der Waals surface area contributed by atoms with Gasteiger partial charge < -0.3 is 26.5 Å². The number of rotatable bonds is 9. The van der Waals surface area contributed by atoms with Gasteiger partial charge in [-0.1, -0.05) is 30.3 Å². The molecule has 4 aromatic rings. The van der Waals surface area contributed by atoms with E-state index in [9.17, 15) is 19.2 Å². The second-order valence-corrected chi connectivity index (χ2v) is 9.59. The van der Waals surface area contributed by atoms with E-state index < -0.39 is 36.3 Å². The SMILES string of the molecule is CCOC(=O)CNC(=O)[C@@H](c1c[nH]c2ccccc12)N(C(=O)c1snc(C(N)=O)c1N)c1cc(C)ccc1C. The van der Waals surface area contributed by atoms with E-state index in [1.165, 1.54) is 4.90 Å². The number of carbonyl (C=O) groups is 4. The van der Waals surface area contributed by atoms with Gasteiger partial charge in [-0.3, -0.25) is 24.1 Å².